The molecule has 8 nitrogen and oxygen atoms in total. The molecule has 128 valence electrons. The Morgan fingerprint density at radius 1 is 1.12 bits per heavy atom. The fraction of sp³-hybridized carbons (Fsp3) is 0.0625. The number of carbonyl (C=O) groups is 2. The van der Waals surface area contributed by atoms with Crippen LogP contribution in [0.4, 0.5) is 11.4 Å². The number of esters is 1. The van der Waals surface area contributed by atoms with Crippen LogP contribution in [-0.4, -0.2) is 21.9 Å². The van der Waals surface area contributed by atoms with Gasteiger partial charge in [-0.3, -0.25) is 25.0 Å². The lowest BCUT2D eigenvalue weighted by atomic mass is 10.2. The third kappa shape index (κ3) is 4.82. The minimum atomic E-state index is -0.618. The van der Waals surface area contributed by atoms with Crippen LogP contribution in [0.3, 0.4) is 0 Å². The number of ether oxygens (including phenoxy) is 1. The summed E-state index contributed by atoms with van der Waals surface area (Å²) in [7, 11) is 0. The van der Waals surface area contributed by atoms with Gasteiger partial charge >= 0.3 is 5.97 Å². The maximum atomic E-state index is 12.3. The fourth-order valence-electron chi connectivity index (χ4n) is 1.96. The molecule has 0 saturated heterocycles. The number of thiocarbonyl (C=S) groups is 1. The predicted octanol–water partition coefficient (Wildman–Crippen LogP) is 2.65. The Kier molecular flexibility index (Phi) is 5.75. The van der Waals surface area contributed by atoms with E-state index in [1.807, 2.05) is 0 Å². The van der Waals surface area contributed by atoms with Crippen LogP contribution in [0.15, 0.2) is 48.5 Å². The smallest absolute Gasteiger partial charge is 0.308 e. The van der Waals surface area contributed by atoms with Crippen molar-refractivity contribution >= 4 is 40.6 Å². The molecule has 0 aromatic heterocycles. The first-order valence-corrected chi connectivity index (χ1v) is 7.42. The van der Waals surface area contributed by atoms with E-state index in [4.69, 9.17) is 17.0 Å². The van der Waals surface area contributed by atoms with Gasteiger partial charge in [0.25, 0.3) is 11.6 Å². The SMILES string of the molecule is CC(=O)Oc1ccccc1C(=O)NC(=S)Nc1ccccc1[N+](=O)[O-]. The number of para-hydroxylation sites is 3. The highest BCUT2D eigenvalue weighted by Gasteiger charge is 2.17. The summed E-state index contributed by atoms with van der Waals surface area (Å²) in [6.07, 6.45) is 0. The van der Waals surface area contributed by atoms with Gasteiger partial charge in [-0.15, -0.1) is 0 Å². The van der Waals surface area contributed by atoms with Gasteiger partial charge in [-0.05, 0) is 30.4 Å². The molecular weight excluding hydrogens is 346 g/mol. The highest BCUT2D eigenvalue weighted by molar-refractivity contribution is 7.80. The van der Waals surface area contributed by atoms with Crippen LogP contribution in [0.25, 0.3) is 0 Å². The predicted molar refractivity (Wildman–Crippen MR) is 94.5 cm³/mol. The molecule has 25 heavy (non-hydrogen) atoms. The maximum absolute atomic E-state index is 12.3. The number of hydrogen-bond donors (Lipinski definition) is 2. The van der Waals surface area contributed by atoms with Gasteiger partial charge in [0.1, 0.15) is 11.4 Å². The quantitative estimate of drug-likeness (QED) is 0.284. The molecule has 0 spiro atoms. The Labute approximate surface area is 147 Å². The number of carbonyl (C=O) groups excluding carboxylic acids is 2. The Morgan fingerprint density at radius 3 is 2.44 bits per heavy atom. The molecule has 1 amide bonds. The van der Waals surface area contributed by atoms with Crippen LogP contribution in [0.2, 0.25) is 0 Å². The Balaban J connectivity index is 2.13. The second kappa shape index (κ2) is 7.97. The zero-order valence-electron chi connectivity index (χ0n) is 13.0. The topological polar surface area (TPSA) is 111 Å². The van der Waals surface area contributed by atoms with Crippen LogP contribution in [0.1, 0.15) is 17.3 Å². The van der Waals surface area contributed by atoms with Gasteiger partial charge in [0.05, 0.1) is 10.5 Å². The number of nitrogens with zero attached hydrogens (tertiary/aromatic N) is 1. The van der Waals surface area contributed by atoms with Gasteiger partial charge in [-0.25, -0.2) is 0 Å². The average Bonchev–Trinajstić information content (AvgIpc) is 2.54. The molecule has 0 radical (unpaired) electrons. The summed E-state index contributed by atoms with van der Waals surface area (Å²) in [5, 5.41) is 15.8. The normalized spacial score (nSPS) is 9.80. The van der Waals surface area contributed by atoms with E-state index in [1.165, 1.54) is 37.3 Å². The summed E-state index contributed by atoms with van der Waals surface area (Å²) in [4.78, 5) is 33.8. The van der Waals surface area contributed by atoms with Gasteiger partial charge in [-0.2, -0.15) is 0 Å². The van der Waals surface area contributed by atoms with Crippen LogP contribution in [-0.2, 0) is 4.79 Å². The minimum absolute atomic E-state index is 0.0843. The number of hydrogen-bond acceptors (Lipinski definition) is 6. The van der Waals surface area contributed by atoms with Crippen LogP contribution < -0.4 is 15.4 Å². The third-order valence-corrected chi connectivity index (χ3v) is 3.17. The molecule has 0 atom stereocenters. The second-order valence-electron chi connectivity index (χ2n) is 4.77. The summed E-state index contributed by atoms with van der Waals surface area (Å²) >= 11 is 5.02. The zero-order chi connectivity index (χ0) is 18.4. The highest BCUT2D eigenvalue weighted by Crippen LogP contribution is 2.23. The van der Waals surface area contributed by atoms with Crippen molar-refractivity contribution in [3.8, 4) is 5.75 Å². The number of anilines is 1. The zero-order valence-corrected chi connectivity index (χ0v) is 13.8. The summed E-state index contributed by atoms with van der Waals surface area (Å²) in [5.41, 5.74) is 0.0647. The van der Waals surface area contributed by atoms with Crippen molar-refractivity contribution < 1.29 is 19.2 Å². The maximum Gasteiger partial charge on any atom is 0.308 e. The van der Waals surface area contributed by atoms with Crippen molar-refractivity contribution in [2.75, 3.05) is 5.32 Å². The summed E-state index contributed by atoms with van der Waals surface area (Å²) in [6, 6.07) is 12.0. The van der Waals surface area contributed by atoms with Gasteiger partial charge in [-0.1, -0.05) is 24.3 Å². The van der Waals surface area contributed by atoms with Crippen molar-refractivity contribution in [1.82, 2.24) is 5.32 Å². The number of nitro groups is 1. The van der Waals surface area contributed by atoms with E-state index in [2.05, 4.69) is 10.6 Å². The summed E-state index contributed by atoms with van der Waals surface area (Å²) in [6.45, 7) is 1.22. The van der Waals surface area contributed by atoms with Crippen LogP contribution >= 0.6 is 12.2 Å². The first kappa shape index (κ1) is 18.0. The molecule has 0 aliphatic carbocycles. The van der Waals surface area contributed by atoms with Crippen LogP contribution in [0.5, 0.6) is 5.75 Å². The van der Waals surface area contributed by atoms with Crippen molar-refractivity contribution in [2.45, 2.75) is 6.92 Å². The van der Waals surface area contributed by atoms with E-state index >= 15 is 0 Å². The molecule has 0 bridgehead atoms. The van der Waals surface area contributed by atoms with Crippen molar-refractivity contribution in [1.29, 1.82) is 0 Å². The molecule has 0 aliphatic rings. The summed E-state index contributed by atoms with van der Waals surface area (Å²) < 4.78 is 4.96. The standard InChI is InChI=1S/C16H13N3O5S/c1-10(20)24-14-9-5-2-6-11(14)15(21)18-16(25)17-12-7-3-4-8-13(12)19(22)23/h2-9H,1H3,(H2,17,18,21,25). The van der Waals surface area contributed by atoms with E-state index in [1.54, 1.807) is 18.2 Å². The number of rotatable bonds is 4. The van der Waals surface area contributed by atoms with Crippen molar-refractivity contribution in [3.63, 3.8) is 0 Å². The molecule has 0 unspecified atom stereocenters. The highest BCUT2D eigenvalue weighted by atomic mass is 32.1. The lowest BCUT2D eigenvalue weighted by Gasteiger charge is -2.11. The Morgan fingerprint density at radius 2 is 1.76 bits per heavy atom. The lowest BCUT2D eigenvalue weighted by molar-refractivity contribution is -0.383. The van der Waals surface area contributed by atoms with E-state index in [0.29, 0.717) is 0 Å². The molecular formula is C16H13N3O5S. The Bertz CT molecular complexity index is 853. The van der Waals surface area contributed by atoms with Gasteiger partial charge in [0, 0.05) is 13.0 Å². The Hall–Kier alpha value is -3.33. The molecule has 2 rings (SSSR count). The number of benzene rings is 2. The van der Waals surface area contributed by atoms with Crippen molar-refractivity contribution in [3.05, 3.63) is 64.2 Å². The summed E-state index contributed by atoms with van der Waals surface area (Å²) in [5.74, 6) is -1.10. The molecule has 0 aliphatic heterocycles. The minimum Gasteiger partial charge on any atom is -0.426 e. The number of nitrogens with one attached hydrogen (secondary N) is 2. The molecule has 0 saturated carbocycles. The monoisotopic (exact) mass is 359 g/mol. The van der Waals surface area contributed by atoms with Gasteiger partial charge in [0.15, 0.2) is 5.11 Å². The first-order valence-electron chi connectivity index (χ1n) is 7.01. The van der Waals surface area contributed by atoms with E-state index in [-0.39, 0.29) is 27.8 Å². The van der Waals surface area contributed by atoms with Crippen molar-refractivity contribution in [2.24, 2.45) is 0 Å². The van der Waals surface area contributed by atoms with E-state index < -0.39 is 16.8 Å². The average molecular weight is 359 g/mol. The molecule has 0 heterocycles. The van der Waals surface area contributed by atoms with Gasteiger partial charge < -0.3 is 10.1 Å². The number of nitro benzene ring substituents is 1. The first-order chi connectivity index (χ1) is 11.9. The fourth-order valence-corrected chi connectivity index (χ4v) is 2.16. The second-order valence-corrected chi connectivity index (χ2v) is 5.18. The molecule has 2 aromatic carbocycles. The van der Waals surface area contributed by atoms with E-state index in [0.717, 1.165) is 0 Å². The van der Waals surface area contributed by atoms with E-state index in [9.17, 15) is 19.7 Å². The third-order valence-electron chi connectivity index (χ3n) is 2.96. The van der Waals surface area contributed by atoms with Gasteiger partial charge in [0.2, 0.25) is 0 Å². The largest absolute Gasteiger partial charge is 0.426 e. The molecule has 2 aromatic rings. The molecule has 9 heteroatoms. The molecule has 0 fully saturated rings. The van der Waals surface area contributed by atoms with Crippen LogP contribution in [0, 0.1) is 10.1 Å². The molecule has 2 N–H and O–H groups in total. The number of amides is 1. The lowest BCUT2D eigenvalue weighted by Crippen LogP contribution is -2.34.